The van der Waals surface area contributed by atoms with E-state index in [1.165, 1.54) is 75.5 Å². The van der Waals surface area contributed by atoms with E-state index in [9.17, 15) is 0 Å². The average molecular weight is 761 g/mol. The maximum atomic E-state index is 6.56. The molecule has 10 aromatic rings. The van der Waals surface area contributed by atoms with Gasteiger partial charge in [0.1, 0.15) is 11.9 Å². The van der Waals surface area contributed by atoms with Crippen LogP contribution in [0.25, 0.3) is 64.4 Å². The van der Waals surface area contributed by atoms with Crippen molar-refractivity contribution >= 4 is 76.0 Å². The second-order valence-electron chi connectivity index (χ2n) is 15.2. The second kappa shape index (κ2) is 13.2. The molecule has 3 heterocycles. The van der Waals surface area contributed by atoms with Crippen LogP contribution in [0, 0.1) is 0 Å². The third-order valence-electron chi connectivity index (χ3n) is 12.0. The molecule has 0 radical (unpaired) electrons. The van der Waals surface area contributed by atoms with Crippen molar-refractivity contribution in [2.45, 2.75) is 12.0 Å². The number of para-hydroxylation sites is 3. The molecule has 8 aromatic carbocycles. The Morgan fingerprint density at radius 2 is 1.22 bits per heavy atom. The van der Waals surface area contributed by atoms with Crippen LogP contribution < -0.4 is 9.64 Å². The highest BCUT2D eigenvalue weighted by Crippen LogP contribution is 2.48. The first-order valence-electron chi connectivity index (χ1n) is 19.9. The summed E-state index contributed by atoms with van der Waals surface area (Å²) in [7, 11) is 0. The first kappa shape index (κ1) is 33.0. The van der Waals surface area contributed by atoms with E-state index in [-0.39, 0.29) is 12.0 Å². The molecule has 12 rings (SSSR count). The summed E-state index contributed by atoms with van der Waals surface area (Å²) in [6.07, 6.45) is 6.64. The summed E-state index contributed by atoms with van der Waals surface area (Å²) in [6, 6.07) is 68.4. The molecule has 0 fully saturated rings. The first-order chi connectivity index (χ1) is 28.8. The zero-order valence-corrected chi connectivity index (χ0v) is 32.3. The Bertz CT molecular complexity index is 3260. The molecule has 2 aliphatic rings. The van der Waals surface area contributed by atoms with E-state index in [4.69, 9.17) is 4.74 Å². The third-order valence-corrected chi connectivity index (χ3v) is 13.1. The summed E-state index contributed by atoms with van der Waals surface area (Å²) in [5, 5.41) is 5.07. The van der Waals surface area contributed by atoms with Crippen LogP contribution in [0.15, 0.2) is 206 Å². The smallest absolute Gasteiger partial charge is 0.135 e. The number of hydrogen-bond acceptors (Lipinski definition) is 3. The predicted octanol–water partition coefficient (Wildman–Crippen LogP) is 14.8. The molecule has 0 saturated carbocycles. The molecule has 0 N–H and O–H groups in total. The maximum absolute atomic E-state index is 6.56. The van der Waals surface area contributed by atoms with Gasteiger partial charge in [-0.15, -0.1) is 11.3 Å². The van der Waals surface area contributed by atoms with Crippen LogP contribution in [0.2, 0.25) is 0 Å². The number of hydrogen-bond donors (Lipinski definition) is 0. The zero-order chi connectivity index (χ0) is 38.2. The van der Waals surface area contributed by atoms with Crippen LogP contribution in [0.3, 0.4) is 0 Å². The summed E-state index contributed by atoms with van der Waals surface area (Å²) in [5.41, 5.74) is 13.0. The summed E-state index contributed by atoms with van der Waals surface area (Å²) >= 11 is 1.85. The van der Waals surface area contributed by atoms with Crippen molar-refractivity contribution in [1.82, 2.24) is 4.57 Å². The van der Waals surface area contributed by atoms with Gasteiger partial charge in [0, 0.05) is 65.1 Å². The minimum atomic E-state index is -0.0315. The molecule has 58 heavy (non-hydrogen) atoms. The third kappa shape index (κ3) is 5.19. The molecule has 0 amide bonds. The van der Waals surface area contributed by atoms with Gasteiger partial charge in [0.05, 0.1) is 16.7 Å². The van der Waals surface area contributed by atoms with Crippen molar-refractivity contribution in [2.24, 2.45) is 0 Å². The van der Waals surface area contributed by atoms with Crippen molar-refractivity contribution in [2.75, 3.05) is 4.90 Å². The number of rotatable bonds is 6. The van der Waals surface area contributed by atoms with Gasteiger partial charge in [0.2, 0.25) is 0 Å². The van der Waals surface area contributed by atoms with Gasteiger partial charge in [0.15, 0.2) is 0 Å². The molecule has 0 bridgehead atoms. The van der Waals surface area contributed by atoms with Crippen LogP contribution in [-0.2, 0) is 0 Å². The number of allylic oxidation sites excluding steroid dienone is 2. The van der Waals surface area contributed by atoms with Crippen LogP contribution in [-0.4, -0.2) is 10.7 Å². The Hall–Kier alpha value is -7.14. The summed E-state index contributed by atoms with van der Waals surface area (Å²) in [5.74, 6) is 1.09. The van der Waals surface area contributed by atoms with Crippen LogP contribution >= 0.6 is 11.3 Å². The van der Waals surface area contributed by atoms with Gasteiger partial charge >= 0.3 is 0 Å². The topological polar surface area (TPSA) is 17.4 Å². The lowest BCUT2D eigenvalue weighted by molar-refractivity contribution is 0.258. The molecule has 0 saturated heterocycles. The highest BCUT2D eigenvalue weighted by molar-refractivity contribution is 7.26. The van der Waals surface area contributed by atoms with E-state index < -0.39 is 0 Å². The van der Waals surface area contributed by atoms with E-state index >= 15 is 0 Å². The Morgan fingerprint density at radius 1 is 0.534 bits per heavy atom. The zero-order valence-electron chi connectivity index (χ0n) is 31.5. The minimum absolute atomic E-state index is 0.0315. The molecule has 2 unspecified atom stereocenters. The van der Waals surface area contributed by atoms with Gasteiger partial charge in [-0.2, -0.15) is 0 Å². The summed E-state index contributed by atoms with van der Waals surface area (Å²) < 4.78 is 11.5. The number of nitrogens with zero attached hydrogens (tertiary/aromatic N) is 2. The Kier molecular flexibility index (Phi) is 7.54. The quantitative estimate of drug-likeness (QED) is 0.168. The van der Waals surface area contributed by atoms with Gasteiger partial charge in [0.25, 0.3) is 0 Å². The van der Waals surface area contributed by atoms with Gasteiger partial charge in [-0.25, -0.2) is 0 Å². The number of aromatic nitrogens is 1. The highest BCUT2D eigenvalue weighted by Gasteiger charge is 2.36. The largest absolute Gasteiger partial charge is 0.484 e. The molecule has 274 valence electrons. The first-order valence-corrected chi connectivity index (χ1v) is 20.7. The van der Waals surface area contributed by atoms with E-state index in [0.29, 0.717) is 0 Å². The average Bonchev–Trinajstić information content (AvgIpc) is 3.97. The number of benzene rings is 8. The Balaban J connectivity index is 0.960. The van der Waals surface area contributed by atoms with E-state index in [1.807, 2.05) is 11.3 Å². The normalized spacial score (nSPS) is 15.8. The predicted molar refractivity (Wildman–Crippen MR) is 245 cm³/mol. The molecule has 1 aliphatic carbocycles. The van der Waals surface area contributed by atoms with Crippen LogP contribution in [0.4, 0.5) is 17.1 Å². The summed E-state index contributed by atoms with van der Waals surface area (Å²) in [6.45, 7) is 0. The maximum Gasteiger partial charge on any atom is 0.135 e. The molecule has 3 nitrogen and oxygen atoms in total. The lowest BCUT2D eigenvalue weighted by Gasteiger charge is -2.28. The number of fused-ring (bicyclic) bond motifs is 9. The van der Waals surface area contributed by atoms with Gasteiger partial charge in [-0.05, 0) is 89.5 Å². The van der Waals surface area contributed by atoms with Crippen molar-refractivity contribution in [3.63, 3.8) is 0 Å². The van der Waals surface area contributed by atoms with Crippen molar-refractivity contribution < 1.29 is 4.74 Å². The number of ether oxygens (including phenoxy) is 1. The van der Waals surface area contributed by atoms with Crippen LogP contribution in [0.1, 0.15) is 17.0 Å². The molecular weight excluding hydrogens is 725 g/mol. The Morgan fingerprint density at radius 3 is 2.09 bits per heavy atom. The summed E-state index contributed by atoms with van der Waals surface area (Å²) in [4.78, 5) is 2.43. The lowest BCUT2D eigenvalue weighted by atomic mass is 9.84. The van der Waals surface area contributed by atoms with Gasteiger partial charge in [-0.1, -0.05) is 133 Å². The SMILES string of the molecule is C1=CC(c2ccc(N(c3ccc(-c4ccc5c6ccccc6n(-c6ccccc6)c5c4)cc3)c3cccc4sc5ccccc5c34)cc2)C2Oc3ccccc3C2=C1. The molecule has 4 heteroatoms. The monoisotopic (exact) mass is 760 g/mol. The minimum Gasteiger partial charge on any atom is -0.484 e. The molecular formula is C54H36N2OS. The van der Waals surface area contributed by atoms with Gasteiger partial charge in [-0.3, -0.25) is 0 Å². The fraction of sp³-hybridized carbons (Fsp3) is 0.0370. The molecule has 0 spiro atoms. The van der Waals surface area contributed by atoms with Crippen molar-refractivity contribution in [3.05, 3.63) is 217 Å². The fourth-order valence-corrected chi connectivity index (χ4v) is 10.4. The van der Waals surface area contributed by atoms with Gasteiger partial charge < -0.3 is 14.2 Å². The second-order valence-corrected chi connectivity index (χ2v) is 16.3. The number of thiophene rings is 1. The lowest BCUT2D eigenvalue weighted by Crippen LogP contribution is -2.23. The van der Waals surface area contributed by atoms with Crippen LogP contribution in [0.5, 0.6) is 5.75 Å². The van der Waals surface area contributed by atoms with Crippen molar-refractivity contribution in [3.8, 4) is 22.6 Å². The number of anilines is 3. The van der Waals surface area contributed by atoms with E-state index in [1.54, 1.807) is 0 Å². The van der Waals surface area contributed by atoms with E-state index in [2.05, 4.69) is 216 Å². The molecule has 2 atom stereocenters. The molecule has 2 aromatic heterocycles. The standard InChI is InChI=1S/C54H36N2OS/c1-2-12-38(13-3-1)56-47-19-7-4-14-42(47)43-33-28-37(34-49(43)56)35-24-29-39(30-25-35)55(48-20-11-23-52-53(48)46-16-6-9-22-51(46)58-52)40-31-26-36(27-32-40)41-17-10-18-45-44-15-5-8-21-50(44)57-54(41)45/h1-34,41,54H. The highest BCUT2D eigenvalue weighted by atomic mass is 32.1. The van der Waals surface area contributed by atoms with Crippen molar-refractivity contribution in [1.29, 1.82) is 0 Å². The van der Waals surface area contributed by atoms with E-state index in [0.717, 1.165) is 22.8 Å². The fourth-order valence-electron chi connectivity index (χ4n) is 9.30. The Labute approximate surface area is 340 Å². The molecule has 1 aliphatic heterocycles.